The molecular formula is C11H15N3O2. The minimum atomic E-state index is -0.994. The zero-order valence-electron chi connectivity index (χ0n) is 8.81. The number of carbonyl (C=O) groups is 1. The van der Waals surface area contributed by atoms with Crippen LogP contribution in [0.5, 0.6) is 0 Å². The number of hydrogen-bond acceptors (Lipinski definition) is 2. The van der Waals surface area contributed by atoms with Crippen LogP contribution in [0.3, 0.4) is 0 Å². The fourth-order valence-corrected chi connectivity index (χ4v) is 1.40. The SMILES string of the molecule is N=C(N)N[C@@H](CCc1ccccc1)C(=O)O. The second kappa shape index (κ2) is 5.75. The van der Waals surface area contributed by atoms with Gasteiger partial charge >= 0.3 is 5.97 Å². The van der Waals surface area contributed by atoms with E-state index in [-0.39, 0.29) is 5.96 Å². The van der Waals surface area contributed by atoms with Crippen molar-refractivity contribution in [3.63, 3.8) is 0 Å². The summed E-state index contributed by atoms with van der Waals surface area (Å²) in [4.78, 5) is 10.8. The molecule has 0 unspecified atom stereocenters. The summed E-state index contributed by atoms with van der Waals surface area (Å²) in [7, 11) is 0. The highest BCUT2D eigenvalue weighted by molar-refractivity contribution is 5.82. The van der Waals surface area contributed by atoms with Crippen molar-refractivity contribution in [2.75, 3.05) is 0 Å². The maximum Gasteiger partial charge on any atom is 0.326 e. The van der Waals surface area contributed by atoms with E-state index < -0.39 is 12.0 Å². The van der Waals surface area contributed by atoms with E-state index in [0.717, 1.165) is 5.56 Å². The van der Waals surface area contributed by atoms with Gasteiger partial charge in [-0.3, -0.25) is 5.41 Å². The van der Waals surface area contributed by atoms with Crippen molar-refractivity contribution in [1.82, 2.24) is 5.32 Å². The van der Waals surface area contributed by atoms with Gasteiger partial charge in [0, 0.05) is 0 Å². The number of carboxylic acid groups (broad SMARTS) is 1. The molecule has 0 saturated carbocycles. The Morgan fingerprint density at radius 2 is 2.06 bits per heavy atom. The fourth-order valence-electron chi connectivity index (χ4n) is 1.40. The first-order valence-corrected chi connectivity index (χ1v) is 4.97. The predicted octanol–water partition coefficient (Wildman–Crippen LogP) is 0.555. The molecule has 1 aromatic rings. The summed E-state index contributed by atoms with van der Waals surface area (Å²) in [5, 5.41) is 18.3. The molecule has 5 N–H and O–H groups in total. The Balaban J connectivity index is 2.50. The molecule has 1 aromatic carbocycles. The van der Waals surface area contributed by atoms with Crippen molar-refractivity contribution in [2.24, 2.45) is 5.73 Å². The second-order valence-corrected chi connectivity index (χ2v) is 3.47. The highest BCUT2D eigenvalue weighted by Crippen LogP contribution is 2.05. The van der Waals surface area contributed by atoms with Crippen LogP contribution in [-0.4, -0.2) is 23.1 Å². The first-order chi connectivity index (χ1) is 7.59. The Morgan fingerprint density at radius 1 is 1.44 bits per heavy atom. The Kier molecular flexibility index (Phi) is 4.32. The molecule has 5 heteroatoms. The third kappa shape index (κ3) is 4.00. The van der Waals surface area contributed by atoms with E-state index in [1.807, 2.05) is 30.3 Å². The van der Waals surface area contributed by atoms with E-state index in [1.165, 1.54) is 0 Å². The highest BCUT2D eigenvalue weighted by Gasteiger charge is 2.16. The van der Waals surface area contributed by atoms with Gasteiger partial charge in [-0.25, -0.2) is 4.79 Å². The van der Waals surface area contributed by atoms with Crippen LogP contribution in [0.15, 0.2) is 30.3 Å². The van der Waals surface area contributed by atoms with Crippen LogP contribution in [0.25, 0.3) is 0 Å². The zero-order valence-corrected chi connectivity index (χ0v) is 8.81. The molecule has 0 aromatic heterocycles. The standard InChI is InChI=1S/C11H15N3O2/c12-11(13)14-9(10(15)16)7-6-8-4-2-1-3-5-8/h1-5,9H,6-7H2,(H,15,16)(H4,12,13,14)/t9-/m0/s1. The zero-order chi connectivity index (χ0) is 12.0. The molecule has 0 heterocycles. The van der Waals surface area contributed by atoms with Gasteiger partial charge in [-0.2, -0.15) is 0 Å². The minimum Gasteiger partial charge on any atom is -0.480 e. The molecular weight excluding hydrogens is 206 g/mol. The summed E-state index contributed by atoms with van der Waals surface area (Å²) in [5.41, 5.74) is 6.18. The summed E-state index contributed by atoms with van der Waals surface area (Å²) in [6, 6.07) is 8.79. The van der Waals surface area contributed by atoms with Gasteiger partial charge in [0.25, 0.3) is 0 Å². The van der Waals surface area contributed by atoms with E-state index in [1.54, 1.807) is 0 Å². The number of aryl methyl sites for hydroxylation is 1. The van der Waals surface area contributed by atoms with E-state index in [0.29, 0.717) is 12.8 Å². The number of rotatable bonds is 5. The normalized spacial score (nSPS) is 11.8. The molecule has 0 bridgehead atoms. The smallest absolute Gasteiger partial charge is 0.326 e. The third-order valence-corrected chi connectivity index (χ3v) is 2.19. The lowest BCUT2D eigenvalue weighted by Crippen LogP contribution is -2.44. The minimum absolute atomic E-state index is 0.319. The molecule has 0 amide bonds. The van der Waals surface area contributed by atoms with E-state index >= 15 is 0 Å². The predicted molar refractivity (Wildman–Crippen MR) is 61.2 cm³/mol. The lowest BCUT2D eigenvalue weighted by Gasteiger charge is -2.13. The largest absolute Gasteiger partial charge is 0.480 e. The molecule has 16 heavy (non-hydrogen) atoms. The molecule has 0 aliphatic rings. The van der Waals surface area contributed by atoms with Crippen molar-refractivity contribution in [2.45, 2.75) is 18.9 Å². The monoisotopic (exact) mass is 221 g/mol. The topological polar surface area (TPSA) is 99.2 Å². The van der Waals surface area contributed by atoms with Crippen LogP contribution in [0, 0.1) is 5.41 Å². The van der Waals surface area contributed by atoms with Gasteiger partial charge < -0.3 is 16.2 Å². The molecule has 0 radical (unpaired) electrons. The lowest BCUT2D eigenvalue weighted by molar-refractivity contribution is -0.139. The molecule has 1 atom stereocenters. The number of aliphatic carboxylic acids is 1. The molecule has 0 aliphatic heterocycles. The van der Waals surface area contributed by atoms with Crippen LogP contribution >= 0.6 is 0 Å². The number of carboxylic acids is 1. The van der Waals surface area contributed by atoms with Crippen LogP contribution < -0.4 is 11.1 Å². The number of hydrogen-bond donors (Lipinski definition) is 4. The maximum absolute atomic E-state index is 10.8. The Hall–Kier alpha value is -2.04. The van der Waals surface area contributed by atoms with Gasteiger partial charge in [0.2, 0.25) is 0 Å². The van der Waals surface area contributed by atoms with Crippen LogP contribution in [0.2, 0.25) is 0 Å². The average molecular weight is 221 g/mol. The summed E-state index contributed by atoms with van der Waals surface area (Å²) in [5.74, 6) is -1.31. The van der Waals surface area contributed by atoms with Crippen molar-refractivity contribution in [3.8, 4) is 0 Å². The number of guanidine groups is 1. The van der Waals surface area contributed by atoms with Gasteiger partial charge in [0.05, 0.1) is 0 Å². The fraction of sp³-hybridized carbons (Fsp3) is 0.273. The van der Waals surface area contributed by atoms with Gasteiger partial charge in [-0.15, -0.1) is 0 Å². The summed E-state index contributed by atoms with van der Waals surface area (Å²) >= 11 is 0. The molecule has 0 fully saturated rings. The van der Waals surface area contributed by atoms with Crippen LogP contribution in [0.4, 0.5) is 0 Å². The third-order valence-electron chi connectivity index (χ3n) is 2.19. The maximum atomic E-state index is 10.8. The van der Waals surface area contributed by atoms with Crippen molar-refractivity contribution < 1.29 is 9.90 Å². The van der Waals surface area contributed by atoms with Gasteiger partial charge in [0.1, 0.15) is 6.04 Å². The summed E-state index contributed by atoms with van der Waals surface area (Å²) in [6.07, 6.45) is 1.04. The van der Waals surface area contributed by atoms with Crippen LogP contribution in [-0.2, 0) is 11.2 Å². The Labute approximate surface area is 93.8 Å². The quantitative estimate of drug-likeness (QED) is 0.431. The first kappa shape index (κ1) is 12.0. The lowest BCUT2D eigenvalue weighted by atomic mass is 10.1. The van der Waals surface area contributed by atoms with Crippen molar-refractivity contribution >= 4 is 11.9 Å². The Bertz CT molecular complexity index is 365. The number of benzene rings is 1. The molecule has 1 rings (SSSR count). The molecule has 86 valence electrons. The average Bonchev–Trinajstić information content (AvgIpc) is 2.25. The second-order valence-electron chi connectivity index (χ2n) is 3.47. The summed E-state index contributed by atoms with van der Waals surface area (Å²) in [6.45, 7) is 0. The number of nitrogens with two attached hydrogens (primary N) is 1. The summed E-state index contributed by atoms with van der Waals surface area (Å²) < 4.78 is 0. The van der Waals surface area contributed by atoms with Gasteiger partial charge in [-0.05, 0) is 18.4 Å². The molecule has 0 saturated heterocycles. The van der Waals surface area contributed by atoms with E-state index in [2.05, 4.69) is 5.32 Å². The van der Waals surface area contributed by atoms with Crippen LogP contribution in [0.1, 0.15) is 12.0 Å². The highest BCUT2D eigenvalue weighted by atomic mass is 16.4. The van der Waals surface area contributed by atoms with Crippen molar-refractivity contribution in [1.29, 1.82) is 5.41 Å². The van der Waals surface area contributed by atoms with E-state index in [9.17, 15) is 4.79 Å². The first-order valence-electron chi connectivity index (χ1n) is 4.97. The van der Waals surface area contributed by atoms with Gasteiger partial charge in [0.15, 0.2) is 5.96 Å². The number of nitrogens with one attached hydrogen (secondary N) is 2. The molecule has 0 aliphatic carbocycles. The van der Waals surface area contributed by atoms with Crippen molar-refractivity contribution in [3.05, 3.63) is 35.9 Å². The Morgan fingerprint density at radius 3 is 2.56 bits per heavy atom. The molecule has 5 nitrogen and oxygen atoms in total. The molecule has 0 spiro atoms. The van der Waals surface area contributed by atoms with Gasteiger partial charge in [-0.1, -0.05) is 30.3 Å². The van der Waals surface area contributed by atoms with E-state index in [4.69, 9.17) is 16.2 Å².